The number of ether oxygens (including phenoxy) is 2. The Morgan fingerprint density at radius 3 is 2.52 bits per heavy atom. The number of aliphatic imine (C=N–C) groups is 1. The van der Waals surface area contributed by atoms with Gasteiger partial charge in [0.25, 0.3) is 0 Å². The Balaban J connectivity index is 2.80. The Hall–Kier alpha value is -2.03. The monoisotopic (exact) mass is 390 g/mol. The fourth-order valence-corrected chi connectivity index (χ4v) is 2.26. The second-order valence-electron chi connectivity index (χ2n) is 7.04. The van der Waals surface area contributed by atoms with Gasteiger partial charge < -0.3 is 20.1 Å². The van der Waals surface area contributed by atoms with Gasteiger partial charge in [-0.05, 0) is 18.4 Å². The predicted molar refractivity (Wildman–Crippen MR) is 98.9 cm³/mol. The van der Waals surface area contributed by atoms with E-state index in [0.29, 0.717) is 24.6 Å². The number of rotatable bonds is 8. The van der Waals surface area contributed by atoms with Crippen LogP contribution in [-0.2, 0) is 11.3 Å². The van der Waals surface area contributed by atoms with Crippen LogP contribution in [0.1, 0.15) is 33.3 Å². The smallest absolute Gasteiger partial charge is 0.422 e. The molecule has 2 N–H and O–H groups in total. The third-order valence-electron chi connectivity index (χ3n) is 3.68. The number of methoxy groups -OCH3 is 1. The lowest BCUT2D eigenvalue weighted by molar-refractivity contribution is -0.154. The average molecular weight is 390 g/mol. The minimum absolute atomic E-state index is 0.0366. The van der Waals surface area contributed by atoms with E-state index in [0.717, 1.165) is 0 Å². The molecule has 0 saturated heterocycles. The highest BCUT2D eigenvalue weighted by Crippen LogP contribution is 2.22. The molecule has 0 spiro atoms. The van der Waals surface area contributed by atoms with E-state index in [2.05, 4.69) is 41.4 Å². The third-order valence-corrected chi connectivity index (χ3v) is 3.68. The average Bonchev–Trinajstić information content (AvgIpc) is 2.57. The van der Waals surface area contributed by atoms with Crippen LogP contribution in [0.5, 0.6) is 5.88 Å². The van der Waals surface area contributed by atoms with Crippen LogP contribution < -0.4 is 15.4 Å². The molecule has 27 heavy (non-hydrogen) atoms. The number of alkyl halides is 3. The SMILES string of the molecule is CCNC(=NCc1cccnc1OCC(F)(F)F)NCC(OC)C(C)(C)C. The van der Waals surface area contributed by atoms with Crippen molar-refractivity contribution in [3.8, 4) is 5.88 Å². The summed E-state index contributed by atoms with van der Waals surface area (Å²) in [5.41, 5.74) is 0.416. The first-order chi connectivity index (χ1) is 12.6. The third kappa shape index (κ3) is 8.94. The Labute approximate surface area is 158 Å². The molecule has 1 atom stereocenters. The zero-order valence-corrected chi connectivity index (χ0v) is 16.5. The molecule has 154 valence electrons. The van der Waals surface area contributed by atoms with E-state index in [9.17, 15) is 13.2 Å². The molecule has 1 rings (SSSR count). The molecule has 0 aliphatic carbocycles. The first kappa shape index (κ1) is 23.0. The van der Waals surface area contributed by atoms with E-state index in [1.54, 1.807) is 19.2 Å². The lowest BCUT2D eigenvalue weighted by Gasteiger charge is -2.30. The Bertz CT molecular complexity index is 601. The van der Waals surface area contributed by atoms with Crippen LogP contribution in [0.2, 0.25) is 0 Å². The summed E-state index contributed by atoms with van der Waals surface area (Å²) < 4.78 is 47.4. The van der Waals surface area contributed by atoms with Gasteiger partial charge in [0.05, 0.1) is 12.6 Å². The quantitative estimate of drug-likeness (QED) is 0.527. The van der Waals surface area contributed by atoms with Crippen molar-refractivity contribution in [2.24, 2.45) is 10.4 Å². The summed E-state index contributed by atoms with van der Waals surface area (Å²) in [6, 6.07) is 3.27. The van der Waals surface area contributed by atoms with Crippen LogP contribution >= 0.6 is 0 Å². The number of nitrogens with one attached hydrogen (secondary N) is 2. The van der Waals surface area contributed by atoms with Gasteiger partial charge in [0.2, 0.25) is 5.88 Å². The van der Waals surface area contributed by atoms with Gasteiger partial charge in [-0.1, -0.05) is 26.8 Å². The molecule has 0 saturated carbocycles. The second kappa shape index (κ2) is 10.3. The summed E-state index contributed by atoms with van der Waals surface area (Å²) >= 11 is 0. The fourth-order valence-electron chi connectivity index (χ4n) is 2.26. The van der Waals surface area contributed by atoms with E-state index in [1.807, 2.05) is 6.92 Å². The summed E-state index contributed by atoms with van der Waals surface area (Å²) in [6.07, 6.45) is -3.07. The molecule has 0 aromatic carbocycles. The van der Waals surface area contributed by atoms with Gasteiger partial charge in [-0.3, -0.25) is 0 Å². The van der Waals surface area contributed by atoms with Crippen LogP contribution in [0.15, 0.2) is 23.3 Å². The maximum atomic E-state index is 12.4. The topological polar surface area (TPSA) is 67.8 Å². The number of hydrogen-bond donors (Lipinski definition) is 2. The Kier molecular flexibility index (Phi) is 8.81. The summed E-state index contributed by atoms with van der Waals surface area (Å²) in [4.78, 5) is 8.29. The minimum Gasteiger partial charge on any atom is -0.468 e. The van der Waals surface area contributed by atoms with Crippen molar-refractivity contribution in [3.05, 3.63) is 23.9 Å². The Morgan fingerprint density at radius 2 is 1.96 bits per heavy atom. The van der Waals surface area contributed by atoms with Crippen LogP contribution in [0.4, 0.5) is 13.2 Å². The van der Waals surface area contributed by atoms with Gasteiger partial charge in [0.1, 0.15) is 0 Å². The largest absolute Gasteiger partial charge is 0.468 e. The number of hydrogen-bond acceptors (Lipinski definition) is 4. The molecule has 0 aliphatic rings. The molecule has 1 heterocycles. The second-order valence-corrected chi connectivity index (χ2v) is 7.04. The van der Waals surface area contributed by atoms with Gasteiger partial charge in [0.15, 0.2) is 12.6 Å². The normalized spacial score (nSPS) is 14.0. The van der Waals surface area contributed by atoms with Crippen molar-refractivity contribution < 1.29 is 22.6 Å². The van der Waals surface area contributed by atoms with E-state index in [-0.39, 0.29) is 23.9 Å². The van der Waals surface area contributed by atoms with Crippen LogP contribution in [0.25, 0.3) is 0 Å². The number of guanidine groups is 1. The van der Waals surface area contributed by atoms with Crippen molar-refractivity contribution in [1.82, 2.24) is 15.6 Å². The molecule has 9 heteroatoms. The standard InChI is InChI=1S/C18H29F3N4O2/c1-6-22-16(25-11-14(26-5)17(2,3)4)24-10-13-8-7-9-23-15(13)27-12-18(19,20)21/h7-9,14H,6,10-12H2,1-5H3,(H2,22,24,25). The summed E-state index contributed by atoms with van der Waals surface area (Å²) in [5.74, 6) is 0.466. The number of pyridine rings is 1. The fraction of sp³-hybridized carbons (Fsp3) is 0.667. The highest BCUT2D eigenvalue weighted by molar-refractivity contribution is 5.79. The van der Waals surface area contributed by atoms with Gasteiger partial charge in [-0.25, -0.2) is 9.98 Å². The van der Waals surface area contributed by atoms with Gasteiger partial charge in [-0.2, -0.15) is 13.2 Å². The number of aromatic nitrogens is 1. The first-order valence-corrected chi connectivity index (χ1v) is 8.75. The maximum absolute atomic E-state index is 12.4. The van der Waals surface area contributed by atoms with Crippen molar-refractivity contribution in [1.29, 1.82) is 0 Å². The molecule has 1 aromatic heterocycles. The van der Waals surface area contributed by atoms with Crippen molar-refractivity contribution >= 4 is 5.96 Å². The van der Waals surface area contributed by atoms with E-state index >= 15 is 0 Å². The zero-order valence-electron chi connectivity index (χ0n) is 16.5. The van der Waals surface area contributed by atoms with Gasteiger partial charge in [0, 0.05) is 32.0 Å². The Morgan fingerprint density at radius 1 is 1.26 bits per heavy atom. The van der Waals surface area contributed by atoms with E-state index < -0.39 is 12.8 Å². The minimum atomic E-state index is -4.42. The molecule has 1 aromatic rings. The lowest BCUT2D eigenvalue weighted by Crippen LogP contribution is -2.45. The molecule has 0 radical (unpaired) electrons. The van der Waals surface area contributed by atoms with Crippen molar-refractivity contribution in [3.63, 3.8) is 0 Å². The zero-order chi connectivity index (χ0) is 20.5. The molecular weight excluding hydrogens is 361 g/mol. The van der Waals surface area contributed by atoms with Crippen molar-refractivity contribution in [2.75, 3.05) is 26.8 Å². The first-order valence-electron chi connectivity index (χ1n) is 8.75. The molecule has 0 bridgehead atoms. The lowest BCUT2D eigenvalue weighted by atomic mass is 9.89. The number of halogens is 3. The molecule has 0 amide bonds. The summed E-state index contributed by atoms with van der Waals surface area (Å²) in [5, 5.41) is 6.30. The van der Waals surface area contributed by atoms with Crippen LogP contribution in [0, 0.1) is 5.41 Å². The maximum Gasteiger partial charge on any atom is 0.422 e. The van der Waals surface area contributed by atoms with Crippen LogP contribution in [-0.4, -0.2) is 50.0 Å². The summed E-state index contributed by atoms with van der Waals surface area (Å²) in [7, 11) is 1.65. The highest BCUT2D eigenvalue weighted by atomic mass is 19.4. The molecule has 1 unspecified atom stereocenters. The highest BCUT2D eigenvalue weighted by Gasteiger charge is 2.29. The van der Waals surface area contributed by atoms with Crippen LogP contribution in [0.3, 0.4) is 0 Å². The molecular formula is C18H29F3N4O2. The molecule has 0 aliphatic heterocycles. The molecule has 6 nitrogen and oxygen atoms in total. The van der Waals surface area contributed by atoms with E-state index in [4.69, 9.17) is 9.47 Å². The van der Waals surface area contributed by atoms with Crippen molar-refractivity contribution in [2.45, 2.75) is 46.5 Å². The van der Waals surface area contributed by atoms with E-state index in [1.165, 1.54) is 6.20 Å². The van der Waals surface area contributed by atoms with Gasteiger partial charge >= 0.3 is 6.18 Å². The predicted octanol–water partition coefficient (Wildman–Crippen LogP) is 3.14. The summed E-state index contributed by atoms with van der Waals surface area (Å²) in [6.45, 7) is 8.08. The van der Waals surface area contributed by atoms with Gasteiger partial charge in [-0.15, -0.1) is 0 Å². The number of nitrogens with zero attached hydrogens (tertiary/aromatic N) is 2. The molecule has 0 fully saturated rings.